The molecule has 0 saturated carbocycles. The van der Waals surface area contributed by atoms with Gasteiger partial charge < -0.3 is 10.2 Å². The van der Waals surface area contributed by atoms with Crippen molar-refractivity contribution >= 4 is 21.7 Å². The zero-order chi connectivity index (χ0) is 15.6. The Bertz CT molecular complexity index is 652. The van der Waals surface area contributed by atoms with E-state index in [1.165, 1.54) is 29.2 Å². The van der Waals surface area contributed by atoms with E-state index in [0.717, 1.165) is 0 Å². The predicted molar refractivity (Wildman–Crippen MR) is 77.7 cm³/mol. The number of benzene rings is 1. The van der Waals surface area contributed by atoms with Gasteiger partial charge in [-0.15, -0.1) is 0 Å². The van der Waals surface area contributed by atoms with Crippen molar-refractivity contribution in [1.29, 1.82) is 0 Å². The van der Waals surface area contributed by atoms with Crippen LogP contribution in [0.15, 0.2) is 29.2 Å². The zero-order valence-corrected chi connectivity index (χ0v) is 12.8. The number of carbonyl (C=O) groups excluding carboxylic acids is 2. The highest BCUT2D eigenvalue weighted by atomic mass is 32.2. The number of hydrogen-bond acceptors (Lipinski definition) is 4. The SMILES string of the molecule is CCS(=O)(=O)c1ccc(C(=O)N2CCNC(=O)[C@H]2C)cc1. The molecule has 0 bridgehead atoms. The molecule has 1 N–H and O–H groups in total. The fourth-order valence-corrected chi connectivity index (χ4v) is 3.08. The molecule has 0 aromatic heterocycles. The highest BCUT2D eigenvalue weighted by molar-refractivity contribution is 7.91. The summed E-state index contributed by atoms with van der Waals surface area (Å²) >= 11 is 0. The molecule has 1 aromatic rings. The third kappa shape index (κ3) is 3.07. The first-order valence-corrected chi connectivity index (χ1v) is 8.43. The smallest absolute Gasteiger partial charge is 0.254 e. The number of carbonyl (C=O) groups is 2. The molecule has 1 aliphatic heterocycles. The van der Waals surface area contributed by atoms with Crippen LogP contribution in [-0.2, 0) is 14.6 Å². The van der Waals surface area contributed by atoms with Gasteiger partial charge in [0.2, 0.25) is 5.91 Å². The summed E-state index contributed by atoms with van der Waals surface area (Å²) in [7, 11) is -3.27. The molecule has 1 saturated heterocycles. The normalized spacial score (nSPS) is 19.2. The van der Waals surface area contributed by atoms with Gasteiger partial charge in [-0.3, -0.25) is 9.59 Å². The summed E-state index contributed by atoms with van der Waals surface area (Å²) in [5, 5.41) is 2.69. The lowest BCUT2D eigenvalue weighted by Gasteiger charge is -2.32. The topological polar surface area (TPSA) is 83.6 Å². The molecule has 1 fully saturated rings. The largest absolute Gasteiger partial charge is 0.353 e. The number of rotatable bonds is 3. The fraction of sp³-hybridized carbons (Fsp3) is 0.429. The average molecular weight is 310 g/mol. The number of piperazine rings is 1. The van der Waals surface area contributed by atoms with Crippen LogP contribution in [0.3, 0.4) is 0 Å². The summed E-state index contributed by atoms with van der Waals surface area (Å²) in [6.07, 6.45) is 0. The number of nitrogens with zero attached hydrogens (tertiary/aromatic N) is 1. The highest BCUT2D eigenvalue weighted by Gasteiger charge is 2.29. The maximum atomic E-state index is 12.4. The van der Waals surface area contributed by atoms with E-state index in [2.05, 4.69) is 5.32 Å². The molecule has 2 amide bonds. The van der Waals surface area contributed by atoms with Crippen molar-refractivity contribution in [3.63, 3.8) is 0 Å². The van der Waals surface area contributed by atoms with Crippen LogP contribution in [0.2, 0.25) is 0 Å². The first-order chi connectivity index (χ1) is 9.86. The Balaban J connectivity index is 2.22. The van der Waals surface area contributed by atoms with Gasteiger partial charge in [0.25, 0.3) is 5.91 Å². The lowest BCUT2D eigenvalue weighted by Crippen LogP contribution is -2.55. The van der Waals surface area contributed by atoms with Crippen LogP contribution in [-0.4, -0.2) is 50.0 Å². The van der Waals surface area contributed by atoms with Gasteiger partial charge in [-0.2, -0.15) is 0 Å². The molecule has 21 heavy (non-hydrogen) atoms. The van der Waals surface area contributed by atoms with Gasteiger partial charge in [-0.25, -0.2) is 8.42 Å². The van der Waals surface area contributed by atoms with Gasteiger partial charge >= 0.3 is 0 Å². The molecule has 1 atom stereocenters. The minimum atomic E-state index is -3.27. The maximum Gasteiger partial charge on any atom is 0.254 e. The standard InChI is InChI=1S/C14H18N2O4S/c1-3-21(19,20)12-6-4-11(5-7-12)14(18)16-9-8-15-13(17)10(16)2/h4-7,10H,3,8-9H2,1-2H3,(H,15,17)/t10-/m1/s1. The molecule has 114 valence electrons. The van der Waals surface area contributed by atoms with Gasteiger partial charge in [0.05, 0.1) is 10.6 Å². The van der Waals surface area contributed by atoms with Crippen molar-refractivity contribution in [2.75, 3.05) is 18.8 Å². The minimum Gasteiger partial charge on any atom is -0.353 e. The summed E-state index contributed by atoms with van der Waals surface area (Å²) in [6, 6.07) is 5.32. The Morgan fingerprint density at radius 3 is 2.52 bits per heavy atom. The third-order valence-electron chi connectivity index (χ3n) is 3.60. The van der Waals surface area contributed by atoms with Crippen molar-refractivity contribution < 1.29 is 18.0 Å². The monoisotopic (exact) mass is 310 g/mol. The molecule has 0 radical (unpaired) electrons. The molecule has 0 unspecified atom stereocenters. The van der Waals surface area contributed by atoms with Gasteiger partial charge in [0.1, 0.15) is 6.04 Å². The van der Waals surface area contributed by atoms with Gasteiger partial charge in [-0.05, 0) is 31.2 Å². The Labute approximate surface area is 124 Å². The molecule has 7 heteroatoms. The Morgan fingerprint density at radius 1 is 1.33 bits per heavy atom. The van der Waals surface area contributed by atoms with Crippen LogP contribution in [0, 0.1) is 0 Å². The summed E-state index contributed by atoms with van der Waals surface area (Å²) < 4.78 is 23.5. The van der Waals surface area contributed by atoms with Crippen LogP contribution in [0.5, 0.6) is 0 Å². The van der Waals surface area contributed by atoms with Gasteiger partial charge in [0, 0.05) is 18.7 Å². The average Bonchev–Trinajstić information content (AvgIpc) is 2.49. The summed E-state index contributed by atoms with van der Waals surface area (Å²) in [5.41, 5.74) is 0.381. The Kier molecular flexibility index (Phi) is 4.32. The first-order valence-electron chi connectivity index (χ1n) is 6.78. The van der Waals surface area contributed by atoms with Crippen molar-refractivity contribution in [1.82, 2.24) is 10.2 Å². The van der Waals surface area contributed by atoms with Crippen molar-refractivity contribution in [2.45, 2.75) is 24.8 Å². The fourth-order valence-electron chi connectivity index (χ4n) is 2.20. The lowest BCUT2D eigenvalue weighted by molar-refractivity contribution is -0.127. The lowest BCUT2D eigenvalue weighted by atomic mass is 10.1. The number of amides is 2. The van der Waals surface area contributed by atoms with E-state index < -0.39 is 15.9 Å². The molecule has 2 rings (SSSR count). The van der Waals surface area contributed by atoms with E-state index in [0.29, 0.717) is 18.7 Å². The molecule has 1 aliphatic rings. The first kappa shape index (κ1) is 15.5. The quantitative estimate of drug-likeness (QED) is 0.878. The second kappa shape index (κ2) is 5.85. The van der Waals surface area contributed by atoms with Gasteiger partial charge in [0.15, 0.2) is 9.84 Å². The van der Waals surface area contributed by atoms with E-state index in [1.54, 1.807) is 13.8 Å². The summed E-state index contributed by atoms with van der Waals surface area (Å²) in [4.78, 5) is 25.7. The van der Waals surface area contributed by atoms with E-state index in [9.17, 15) is 18.0 Å². The molecular weight excluding hydrogens is 292 g/mol. The molecule has 1 heterocycles. The number of hydrogen-bond donors (Lipinski definition) is 1. The zero-order valence-electron chi connectivity index (χ0n) is 12.0. The number of nitrogens with one attached hydrogen (secondary N) is 1. The Hall–Kier alpha value is -1.89. The van der Waals surface area contributed by atoms with E-state index in [1.807, 2.05) is 0 Å². The van der Waals surface area contributed by atoms with E-state index in [-0.39, 0.29) is 22.5 Å². The second-order valence-electron chi connectivity index (χ2n) is 4.89. The molecule has 6 nitrogen and oxygen atoms in total. The van der Waals surface area contributed by atoms with Crippen molar-refractivity contribution in [3.05, 3.63) is 29.8 Å². The van der Waals surface area contributed by atoms with E-state index >= 15 is 0 Å². The van der Waals surface area contributed by atoms with Crippen LogP contribution >= 0.6 is 0 Å². The maximum absolute atomic E-state index is 12.4. The molecule has 0 spiro atoms. The second-order valence-corrected chi connectivity index (χ2v) is 7.17. The third-order valence-corrected chi connectivity index (χ3v) is 5.35. The van der Waals surface area contributed by atoms with E-state index in [4.69, 9.17) is 0 Å². The van der Waals surface area contributed by atoms with Crippen molar-refractivity contribution in [2.24, 2.45) is 0 Å². The van der Waals surface area contributed by atoms with Gasteiger partial charge in [-0.1, -0.05) is 6.92 Å². The van der Waals surface area contributed by atoms with Crippen LogP contribution in [0.1, 0.15) is 24.2 Å². The summed E-state index contributed by atoms with van der Waals surface area (Å²) in [6.45, 7) is 4.11. The Morgan fingerprint density at radius 2 is 1.95 bits per heavy atom. The molecular formula is C14H18N2O4S. The van der Waals surface area contributed by atoms with Crippen LogP contribution in [0.25, 0.3) is 0 Å². The number of sulfone groups is 1. The molecule has 0 aliphatic carbocycles. The van der Waals surface area contributed by atoms with Crippen molar-refractivity contribution in [3.8, 4) is 0 Å². The summed E-state index contributed by atoms with van der Waals surface area (Å²) in [5.74, 6) is -0.429. The minimum absolute atomic E-state index is 0.0175. The van der Waals surface area contributed by atoms with Crippen LogP contribution in [0.4, 0.5) is 0 Å². The molecule has 1 aromatic carbocycles. The predicted octanol–water partition coefficient (Wildman–Crippen LogP) is 0.441. The van der Waals surface area contributed by atoms with Crippen LogP contribution < -0.4 is 5.32 Å². The highest BCUT2D eigenvalue weighted by Crippen LogP contribution is 2.15.